The largest absolute Gasteiger partial charge is 0.378 e. The Hall–Kier alpha value is -1.46. The maximum atomic E-state index is 12.5. The predicted molar refractivity (Wildman–Crippen MR) is 84.9 cm³/mol. The second-order valence-electron chi connectivity index (χ2n) is 6.46. The molecule has 2 aliphatic rings. The van der Waals surface area contributed by atoms with E-state index in [2.05, 4.69) is 16.9 Å². The van der Waals surface area contributed by atoms with Gasteiger partial charge in [-0.1, -0.05) is 0 Å². The molecule has 2 aliphatic heterocycles. The topological polar surface area (TPSA) is 45.7 Å². The zero-order chi connectivity index (χ0) is 15.4. The van der Waals surface area contributed by atoms with Crippen LogP contribution in [0.5, 0.6) is 0 Å². The van der Waals surface area contributed by atoms with Gasteiger partial charge in [-0.25, -0.2) is 0 Å². The second-order valence-corrected chi connectivity index (χ2v) is 6.46. The number of amides is 1. The average Bonchev–Trinajstić information content (AvgIpc) is 2.55. The molecule has 0 spiro atoms. The van der Waals surface area contributed by atoms with E-state index in [9.17, 15) is 4.79 Å². The third-order valence-electron chi connectivity index (χ3n) is 4.59. The first kappa shape index (κ1) is 15.4. The van der Waals surface area contributed by atoms with Gasteiger partial charge >= 0.3 is 0 Å². The van der Waals surface area contributed by atoms with E-state index in [4.69, 9.17) is 4.74 Å². The van der Waals surface area contributed by atoms with E-state index >= 15 is 0 Å². The molecule has 5 heteroatoms. The third-order valence-corrected chi connectivity index (χ3v) is 4.59. The van der Waals surface area contributed by atoms with Crippen LogP contribution in [-0.4, -0.2) is 67.1 Å². The van der Waals surface area contributed by atoms with Gasteiger partial charge in [0.25, 0.3) is 5.91 Å². The Morgan fingerprint density at radius 2 is 2.14 bits per heavy atom. The maximum absolute atomic E-state index is 12.5. The summed E-state index contributed by atoms with van der Waals surface area (Å²) in [5, 5.41) is 0. The number of piperidine rings is 1. The van der Waals surface area contributed by atoms with Crippen LogP contribution in [0.15, 0.2) is 18.5 Å². The van der Waals surface area contributed by atoms with Crippen LogP contribution < -0.4 is 0 Å². The Bertz CT molecular complexity index is 514. The van der Waals surface area contributed by atoms with Gasteiger partial charge in [0.1, 0.15) is 0 Å². The molecule has 5 nitrogen and oxygen atoms in total. The number of likely N-dealkylation sites (tertiary alicyclic amines) is 1. The van der Waals surface area contributed by atoms with Gasteiger partial charge in [0.05, 0.1) is 18.8 Å². The summed E-state index contributed by atoms with van der Waals surface area (Å²) < 4.78 is 5.31. The van der Waals surface area contributed by atoms with Crippen LogP contribution >= 0.6 is 0 Å². The molecule has 0 bridgehead atoms. The van der Waals surface area contributed by atoms with Crippen molar-refractivity contribution < 1.29 is 9.53 Å². The molecule has 1 amide bonds. The van der Waals surface area contributed by atoms with Gasteiger partial charge in [-0.15, -0.1) is 0 Å². The molecule has 2 fully saturated rings. The van der Waals surface area contributed by atoms with Crippen LogP contribution in [0, 0.1) is 5.92 Å². The highest BCUT2D eigenvalue weighted by Gasteiger charge is 2.21. The van der Waals surface area contributed by atoms with Crippen molar-refractivity contribution in [2.45, 2.75) is 19.3 Å². The van der Waals surface area contributed by atoms with Gasteiger partial charge in [-0.2, -0.15) is 0 Å². The highest BCUT2D eigenvalue weighted by Crippen LogP contribution is 2.20. The first-order valence-electron chi connectivity index (χ1n) is 8.22. The summed E-state index contributed by atoms with van der Waals surface area (Å²) in [4.78, 5) is 21.1. The van der Waals surface area contributed by atoms with Gasteiger partial charge in [0.15, 0.2) is 0 Å². The van der Waals surface area contributed by atoms with E-state index in [0.29, 0.717) is 37.8 Å². The fraction of sp³-hybridized carbons (Fsp3) is 0.647. The molecule has 1 aromatic rings. The Morgan fingerprint density at radius 3 is 2.91 bits per heavy atom. The summed E-state index contributed by atoms with van der Waals surface area (Å²) in [6, 6.07) is 2.03. The Balaban J connectivity index is 1.65. The fourth-order valence-electron chi connectivity index (χ4n) is 3.44. The number of ether oxygens (including phenoxy) is 1. The maximum Gasteiger partial charge on any atom is 0.255 e. The van der Waals surface area contributed by atoms with E-state index in [-0.39, 0.29) is 5.91 Å². The van der Waals surface area contributed by atoms with Crippen LogP contribution in [0.3, 0.4) is 0 Å². The molecule has 0 aromatic carbocycles. The highest BCUT2D eigenvalue weighted by molar-refractivity contribution is 5.94. The number of nitrogens with zero attached hydrogens (tertiary/aromatic N) is 3. The highest BCUT2D eigenvalue weighted by atomic mass is 16.5. The van der Waals surface area contributed by atoms with Crippen molar-refractivity contribution in [1.29, 1.82) is 0 Å². The summed E-state index contributed by atoms with van der Waals surface area (Å²) >= 11 is 0. The lowest BCUT2D eigenvalue weighted by Gasteiger charge is -2.30. The van der Waals surface area contributed by atoms with Crippen molar-refractivity contribution in [3.05, 3.63) is 29.6 Å². The number of aromatic nitrogens is 1. The van der Waals surface area contributed by atoms with E-state index in [1.54, 1.807) is 6.20 Å². The number of carbonyl (C=O) groups excluding carboxylic acids is 1. The van der Waals surface area contributed by atoms with Crippen molar-refractivity contribution in [1.82, 2.24) is 14.8 Å². The molecule has 3 heterocycles. The predicted octanol–water partition coefficient (Wildman–Crippen LogP) is 1.44. The smallest absolute Gasteiger partial charge is 0.255 e. The van der Waals surface area contributed by atoms with Crippen LogP contribution in [0.4, 0.5) is 0 Å². The van der Waals surface area contributed by atoms with Crippen molar-refractivity contribution >= 4 is 5.91 Å². The summed E-state index contributed by atoms with van der Waals surface area (Å²) in [5.74, 6) is 0.757. The minimum atomic E-state index is 0.0819. The number of hydrogen-bond donors (Lipinski definition) is 0. The van der Waals surface area contributed by atoms with Crippen molar-refractivity contribution in [2.24, 2.45) is 5.92 Å². The second kappa shape index (κ2) is 7.20. The molecule has 3 rings (SSSR count). The lowest BCUT2D eigenvalue weighted by Crippen LogP contribution is -2.40. The molecule has 1 unspecified atom stereocenters. The summed E-state index contributed by atoms with van der Waals surface area (Å²) in [6.07, 6.45) is 7.15. The molecule has 0 aliphatic carbocycles. The first-order valence-corrected chi connectivity index (χ1v) is 8.22. The van der Waals surface area contributed by atoms with Gasteiger partial charge in [0.2, 0.25) is 0 Å². The molecule has 120 valence electrons. The van der Waals surface area contributed by atoms with Crippen LogP contribution in [0.2, 0.25) is 0 Å². The SMILES string of the molecule is CN1CCCC(Cc2cncc(C(=O)N3CCOCC3)c2)C1. The molecular formula is C17H25N3O2. The number of hydrogen-bond acceptors (Lipinski definition) is 4. The summed E-state index contributed by atoms with van der Waals surface area (Å²) in [7, 11) is 2.18. The van der Waals surface area contributed by atoms with Gasteiger partial charge in [-0.05, 0) is 50.4 Å². The third kappa shape index (κ3) is 3.84. The molecule has 22 heavy (non-hydrogen) atoms. The molecule has 1 atom stereocenters. The number of rotatable bonds is 3. The standard InChI is InChI=1S/C17H25N3O2/c1-19-4-2-3-14(13-19)9-15-10-16(12-18-11-15)17(21)20-5-7-22-8-6-20/h10-12,14H,2-9,13H2,1H3. The van der Waals surface area contributed by atoms with E-state index in [1.807, 2.05) is 17.2 Å². The van der Waals surface area contributed by atoms with Gasteiger partial charge in [0, 0.05) is 32.0 Å². The van der Waals surface area contributed by atoms with E-state index in [1.165, 1.54) is 24.9 Å². The Kier molecular flexibility index (Phi) is 5.05. The molecule has 0 radical (unpaired) electrons. The van der Waals surface area contributed by atoms with Crippen LogP contribution in [0.25, 0.3) is 0 Å². The lowest BCUT2D eigenvalue weighted by molar-refractivity contribution is 0.0302. The zero-order valence-electron chi connectivity index (χ0n) is 13.3. The monoisotopic (exact) mass is 303 g/mol. The average molecular weight is 303 g/mol. The normalized spacial score (nSPS) is 23.5. The molecule has 2 saturated heterocycles. The zero-order valence-corrected chi connectivity index (χ0v) is 13.3. The van der Waals surface area contributed by atoms with Crippen molar-refractivity contribution in [2.75, 3.05) is 46.4 Å². The quantitative estimate of drug-likeness (QED) is 0.847. The fourth-order valence-corrected chi connectivity index (χ4v) is 3.44. The molecule has 0 saturated carbocycles. The minimum Gasteiger partial charge on any atom is -0.378 e. The van der Waals surface area contributed by atoms with Crippen molar-refractivity contribution in [3.8, 4) is 0 Å². The van der Waals surface area contributed by atoms with Crippen LogP contribution in [-0.2, 0) is 11.2 Å². The molecule has 0 N–H and O–H groups in total. The van der Waals surface area contributed by atoms with Gasteiger partial charge in [-0.3, -0.25) is 9.78 Å². The molecular weight excluding hydrogens is 278 g/mol. The minimum absolute atomic E-state index is 0.0819. The summed E-state index contributed by atoms with van der Waals surface area (Å²) in [6.45, 7) is 4.96. The Labute approximate surface area is 132 Å². The van der Waals surface area contributed by atoms with Crippen molar-refractivity contribution in [3.63, 3.8) is 0 Å². The van der Waals surface area contributed by atoms with E-state index in [0.717, 1.165) is 13.0 Å². The van der Waals surface area contributed by atoms with Crippen LogP contribution in [0.1, 0.15) is 28.8 Å². The van der Waals surface area contributed by atoms with Gasteiger partial charge < -0.3 is 14.5 Å². The van der Waals surface area contributed by atoms with E-state index < -0.39 is 0 Å². The number of carbonyl (C=O) groups is 1. The number of morpholine rings is 1. The number of pyridine rings is 1. The Morgan fingerprint density at radius 1 is 1.32 bits per heavy atom. The lowest BCUT2D eigenvalue weighted by atomic mass is 9.92. The summed E-state index contributed by atoms with van der Waals surface area (Å²) in [5.41, 5.74) is 1.89. The first-order chi connectivity index (χ1) is 10.7. The molecule has 1 aromatic heterocycles.